The molecule has 2 aromatic rings. The van der Waals surface area contributed by atoms with Crippen LogP contribution in [0.5, 0.6) is 0 Å². The van der Waals surface area contributed by atoms with Crippen molar-refractivity contribution in [2.75, 3.05) is 0 Å². The first-order chi connectivity index (χ1) is 7.79. The predicted octanol–water partition coefficient (Wildman–Crippen LogP) is 2.11. The van der Waals surface area contributed by atoms with Gasteiger partial charge in [0.25, 0.3) is 0 Å². The van der Waals surface area contributed by atoms with Crippen LogP contribution in [0.1, 0.15) is 19.9 Å². The van der Waals surface area contributed by atoms with Crippen LogP contribution >= 0.6 is 0 Å². The fraction of sp³-hybridized carbons (Fsp3) is 0.200. The average molecular weight is 207 g/mol. The third-order valence-electron chi connectivity index (χ3n) is 2.99. The van der Waals surface area contributed by atoms with E-state index in [0.29, 0.717) is 6.04 Å². The summed E-state index contributed by atoms with van der Waals surface area (Å²) in [5, 5.41) is 3.69. The Bertz CT molecular complexity index is 747. The quantitative estimate of drug-likeness (QED) is 0.631. The number of nitrogens with zero attached hydrogens (tertiary/aromatic N) is 1. The minimum Gasteiger partial charge on any atom is -0.337 e. The topological polar surface area (TPSA) is 4.93 Å². The summed E-state index contributed by atoms with van der Waals surface area (Å²) in [4.78, 5) is 0. The van der Waals surface area contributed by atoms with E-state index >= 15 is 0 Å². The van der Waals surface area contributed by atoms with Crippen molar-refractivity contribution in [3.63, 3.8) is 0 Å². The summed E-state index contributed by atoms with van der Waals surface area (Å²) in [6, 6.07) is 8.94. The molecule has 0 radical (unpaired) electrons. The lowest BCUT2D eigenvalue weighted by molar-refractivity contribution is 0.607. The van der Waals surface area contributed by atoms with Crippen LogP contribution < -0.4 is 10.6 Å². The Hall–Kier alpha value is -1.94. The number of fused-ring (bicyclic) bond motifs is 3. The Morgan fingerprint density at radius 2 is 2.00 bits per heavy atom. The van der Waals surface area contributed by atoms with Crippen molar-refractivity contribution in [3.8, 4) is 0 Å². The first-order valence-corrected chi connectivity index (χ1v) is 5.60. The summed E-state index contributed by atoms with van der Waals surface area (Å²) in [5.41, 5.74) is 7.55. The van der Waals surface area contributed by atoms with E-state index in [2.05, 4.69) is 60.2 Å². The summed E-state index contributed by atoms with van der Waals surface area (Å²) < 4.78 is 2.36. The molecule has 0 spiro atoms. The Morgan fingerprint density at radius 1 is 1.19 bits per heavy atom. The maximum atomic E-state index is 3.22. The molecule has 1 heterocycles. The Balaban J connectivity index is 2.68. The lowest BCUT2D eigenvalue weighted by Gasteiger charge is -2.09. The predicted molar refractivity (Wildman–Crippen MR) is 67.5 cm³/mol. The average Bonchev–Trinajstić information content (AvgIpc) is 2.63. The molecule has 1 aliphatic carbocycles. The Morgan fingerprint density at radius 3 is 2.81 bits per heavy atom. The lowest BCUT2D eigenvalue weighted by Crippen LogP contribution is -2.29. The zero-order valence-electron chi connectivity index (χ0n) is 9.49. The molecule has 0 aliphatic heterocycles. The molecule has 1 aromatic heterocycles. The zero-order chi connectivity index (χ0) is 11.1. The van der Waals surface area contributed by atoms with Crippen LogP contribution in [0.3, 0.4) is 0 Å². The second-order valence-corrected chi connectivity index (χ2v) is 4.34. The minimum absolute atomic E-state index is 0.457. The van der Waals surface area contributed by atoms with Gasteiger partial charge in [-0.2, -0.15) is 0 Å². The number of rotatable bonds is 1. The zero-order valence-corrected chi connectivity index (χ0v) is 9.49. The highest BCUT2D eigenvalue weighted by atomic mass is 15.0. The Kier molecular flexibility index (Phi) is 1.91. The maximum Gasteiger partial charge on any atom is 0.0585 e. The molecule has 1 heteroatoms. The first-order valence-electron chi connectivity index (χ1n) is 5.60. The van der Waals surface area contributed by atoms with Gasteiger partial charge in [-0.25, -0.2) is 0 Å². The molecule has 0 unspecified atom stereocenters. The molecule has 0 fully saturated rings. The van der Waals surface area contributed by atoms with Gasteiger partial charge in [0.2, 0.25) is 0 Å². The molecule has 1 aromatic carbocycles. The van der Waals surface area contributed by atoms with Crippen LogP contribution in [0.25, 0.3) is 22.7 Å². The van der Waals surface area contributed by atoms with Gasteiger partial charge >= 0.3 is 0 Å². The number of allylic oxidation sites excluding steroid dienone is 1. The van der Waals surface area contributed by atoms with Crippen LogP contribution in [-0.2, 0) is 0 Å². The van der Waals surface area contributed by atoms with Crippen molar-refractivity contribution < 1.29 is 0 Å². The van der Waals surface area contributed by atoms with Crippen molar-refractivity contribution in [3.05, 3.63) is 46.6 Å². The molecule has 3 rings (SSSR count). The lowest BCUT2D eigenvalue weighted by atomic mass is 10.2. The largest absolute Gasteiger partial charge is 0.337 e. The molecule has 1 aliphatic rings. The third kappa shape index (κ3) is 1.13. The fourth-order valence-electron chi connectivity index (χ4n) is 2.37. The molecular weight excluding hydrogens is 194 g/mol. The van der Waals surface area contributed by atoms with Crippen LogP contribution in [0.2, 0.25) is 0 Å². The van der Waals surface area contributed by atoms with Crippen LogP contribution in [0.15, 0.2) is 36.1 Å². The third-order valence-corrected chi connectivity index (χ3v) is 2.99. The molecule has 0 atom stereocenters. The van der Waals surface area contributed by atoms with Gasteiger partial charge in [0.15, 0.2) is 0 Å². The highest BCUT2D eigenvalue weighted by Crippen LogP contribution is 2.13. The summed E-state index contributed by atoms with van der Waals surface area (Å²) in [6.45, 7) is 4.42. The van der Waals surface area contributed by atoms with Gasteiger partial charge in [0.1, 0.15) is 0 Å². The summed E-state index contributed by atoms with van der Waals surface area (Å²) in [5.74, 6) is 0. The van der Waals surface area contributed by atoms with Gasteiger partial charge in [-0.15, -0.1) is 0 Å². The van der Waals surface area contributed by atoms with Gasteiger partial charge in [0, 0.05) is 11.4 Å². The number of aromatic nitrogens is 1. The summed E-state index contributed by atoms with van der Waals surface area (Å²) >= 11 is 0. The molecule has 0 saturated carbocycles. The van der Waals surface area contributed by atoms with E-state index < -0.39 is 0 Å². The first kappa shape index (κ1) is 9.30. The van der Waals surface area contributed by atoms with Gasteiger partial charge in [-0.05, 0) is 32.1 Å². The van der Waals surface area contributed by atoms with E-state index in [1.165, 1.54) is 21.5 Å². The second kappa shape index (κ2) is 3.28. The smallest absolute Gasteiger partial charge is 0.0585 e. The van der Waals surface area contributed by atoms with Crippen LogP contribution in [0.4, 0.5) is 0 Å². The monoisotopic (exact) mass is 207 g/mol. The van der Waals surface area contributed by atoms with Crippen molar-refractivity contribution in [1.29, 1.82) is 0 Å². The van der Waals surface area contributed by atoms with Gasteiger partial charge in [-0.3, -0.25) is 0 Å². The number of para-hydroxylation sites is 1. The van der Waals surface area contributed by atoms with Gasteiger partial charge in [0.05, 0.1) is 16.1 Å². The van der Waals surface area contributed by atoms with Crippen molar-refractivity contribution in [2.45, 2.75) is 19.9 Å². The van der Waals surface area contributed by atoms with E-state index in [1.807, 2.05) is 6.08 Å². The normalized spacial score (nSPS) is 12.7. The van der Waals surface area contributed by atoms with Crippen LogP contribution in [-0.4, -0.2) is 4.57 Å². The fourth-order valence-corrected chi connectivity index (χ4v) is 2.37. The van der Waals surface area contributed by atoms with E-state index in [0.717, 1.165) is 0 Å². The summed E-state index contributed by atoms with van der Waals surface area (Å²) in [7, 11) is 0. The van der Waals surface area contributed by atoms with E-state index in [-0.39, 0.29) is 0 Å². The standard InChI is InChI=1S/C15H13N/c1-11(2)16-14-9-5-3-7-12(14)13-8-4-6-10-15(13)16/h3,5-7,9-11H,1-2H3. The van der Waals surface area contributed by atoms with Gasteiger partial charge < -0.3 is 4.57 Å². The highest BCUT2D eigenvalue weighted by molar-refractivity contribution is 5.82. The molecule has 0 saturated heterocycles. The van der Waals surface area contributed by atoms with Gasteiger partial charge in [-0.1, -0.05) is 29.7 Å². The number of hydrogen-bond donors (Lipinski definition) is 0. The summed E-state index contributed by atoms with van der Waals surface area (Å²) in [6.07, 6.45) is 4.05. The van der Waals surface area contributed by atoms with Crippen molar-refractivity contribution in [1.82, 2.24) is 4.57 Å². The van der Waals surface area contributed by atoms with Crippen molar-refractivity contribution >= 4 is 22.7 Å². The van der Waals surface area contributed by atoms with Crippen LogP contribution in [0, 0.1) is 0 Å². The molecule has 0 amide bonds. The highest BCUT2D eigenvalue weighted by Gasteiger charge is 2.09. The molecule has 1 nitrogen and oxygen atoms in total. The number of benzene rings is 1. The SMILES string of the molecule is CC(C)n1c2c(c3ccccc31)=C=C=CC=2. The second-order valence-electron chi connectivity index (χ2n) is 4.34. The molecular formula is C15H13N. The van der Waals surface area contributed by atoms with E-state index in [4.69, 9.17) is 0 Å². The minimum atomic E-state index is 0.457. The maximum absolute atomic E-state index is 3.22. The molecule has 0 N–H and O–H groups in total. The molecule has 16 heavy (non-hydrogen) atoms. The Labute approximate surface area is 94.3 Å². The van der Waals surface area contributed by atoms with E-state index in [1.54, 1.807) is 0 Å². The number of hydrogen-bond acceptors (Lipinski definition) is 0. The van der Waals surface area contributed by atoms with E-state index in [9.17, 15) is 0 Å². The van der Waals surface area contributed by atoms with Crippen molar-refractivity contribution in [2.24, 2.45) is 0 Å². The molecule has 0 bridgehead atoms. The molecule has 78 valence electrons.